The van der Waals surface area contributed by atoms with Gasteiger partial charge in [0.1, 0.15) is 0 Å². The molecular weight excluding hydrogens is 274 g/mol. The minimum Gasteiger partial charge on any atom is -0.389 e. The summed E-state index contributed by atoms with van der Waals surface area (Å²) >= 11 is 0. The first-order valence-corrected chi connectivity index (χ1v) is 8.37. The third-order valence-electron chi connectivity index (χ3n) is 4.48. The Morgan fingerprint density at radius 2 is 1.95 bits per heavy atom. The Morgan fingerprint density at radius 1 is 1.27 bits per heavy atom. The van der Waals surface area contributed by atoms with Crippen molar-refractivity contribution in [2.45, 2.75) is 64.9 Å². The van der Waals surface area contributed by atoms with Gasteiger partial charge in [0.05, 0.1) is 5.60 Å². The predicted octanol–water partition coefficient (Wildman–Crippen LogP) is 3.19. The molecule has 122 valence electrons. The summed E-state index contributed by atoms with van der Waals surface area (Å²) < 4.78 is 0. The number of carbonyl (C=O) groups is 1. The summed E-state index contributed by atoms with van der Waals surface area (Å²) in [7, 11) is 0. The van der Waals surface area contributed by atoms with Crippen molar-refractivity contribution in [2.24, 2.45) is 5.92 Å². The molecule has 0 heterocycles. The Labute approximate surface area is 134 Å². The Hall–Kier alpha value is -1.35. The molecule has 0 radical (unpaired) electrons. The molecule has 0 fully saturated rings. The molecule has 1 aromatic carbocycles. The zero-order valence-corrected chi connectivity index (χ0v) is 14.3. The van der Waals surface area contributed by atoms with Gasteiger partial charge < -0.3 is 10.4 Å². The second-order valence-corrected chi connectivity index (χ2v) is 7.53. The highest BCUT2D eigenvalue weighted by Gasteiger charge is 2.22. The molecule has 1 atom stereocenters. The highest BCUT2D eigenvalue weighted by molar-refractivity contribution is 5.77. The van der Waals surface area contributed by atoms with Crippen LogP contribution in [0.25, 0.3) is 0 Å². The quantitative estimate of drug-likeness (QED) is 0.848. The molecule has 2 rings (SSSR count). The minimum atomic E-state index is -0.865. The minimum absolute atomic E-state index is 0.0151. The van der Waals surface area contributed by atoms with E-state index in [9.17, 15) is 9.90 Å². The van der Waals surface area contributed by atoms with Gasteiger partial charge in [-0.05, 0) is 61.6 Å². The summed E-state index contributed by atoms with van der Waals surface area (Å²) in [5.74, 6) is 0.654. The number of aliphatic hydroxyl groups is 1. The maximum absolute atomic E-state index is 12.2. The van der Waals surface area contributed by atoms with Crippen LogP contribution < -0.4 is 5.32 Å². The Morgan fingerprint density at radius 3 is 2.59 bits per heavy atom. The third kappa shape index (κ3) is 4.57. The molecule has 0 aromatic heterocycles. The number of amides is 1. The number of fused-ring (bicyclic) bond motifs is 1. The lowest BCUT2D eigenvalue weighted by molar-refractivity contribution is -0.122. The van der Waals surface area contributed by atoms with Crippen molar-refractivity contribution >= 4 is 5.91 Å². The molecule has 1 aliphatic rings. The second kappa shape index (κ2) is 6.82. The summed E-state index contributed by atoms with van der Waals surface area (Å²) in [6.07, 6.45) is 4.08. The van der Waals surface area contributed by atoms with Gasteiger partial charge in [-0.2, -0.15) is 0 Å². The monoisotopic (exact) mass is 303 g/mol. The van der Waals surface area contributed by atoms with Crippen LogP contribution in [0, 0.1) is 5.92 Å². The molecule has 0 bridgehead atoms. The van der Waals surface area contributed by atoms with Crippen molar-refractivity contribution in [3.63, 3.8) is 0 Å². The average molecular weight is 303 g/mol. The van der Waals surface area contributed by atoms with Crippen LogP contribution in [-0.4, -0.2) is 23.2 Å². The highest BCUT2D eigenvalue weighted by Crippen LogP contribution is 2.32. The number of carbonyl (C=O) groups excluding carboxylic acids is 1. The van der Waals surface area contributed by atoms with E-state index in [0.29, 0.717) is 18.9 Å². The Kier molecular flexibility index (Phi) is 5.28. The molecule has 1 aromatic rings. The van der Waals surface area contributed by atoms with E-state index in [1.54, 1.807) is 13.8 Å². The Bertz CT molecular complexity index is 529. The van der Waals surface area contributed by atoms with Gasteiger partial charge in [-0.3, -0.25) is 4.79 Å². The molecule has 0 aliphatic heterocycles. The molecule has 22 heavy (non-hydrogen) atoms. The number of benzene rings is 1. The van der Waals surface area contributed by atoms with Crippen LogP contribution >= 0.6 is 0 Å². The van der Waals surface area contributed by atoms with Gasteiger partial charge in [0.15, 0.2) is 0 Å². The van der Waals surface area contributed by atoms with E-state index in [1.807, 2.05) is 0 Å². The van der Waals surface area contributed by atoms with E-state index in [2.05, 4.69) is 37.4 Å². The number of hydrogen-bond donors (Lipinski definition) is 2. The van der Waals surface area contributed by atoms with Gasteiger partial charge in [-0.15, -0.1) is 0 Å². The van der Waals surface area contributed by atoms with Crippen molar-refractivity contribution in [3.8, 4) is 0 Å². The molecule has 1 aliphatic carbocycles. The average Bonchev–Trinajstić information content (AvgIpc) is 2.88. The maximum atomic E-state index is 12.2. The summed E-state index contributed by atoms with van der Waals surface area (Å²) in [4.78, 5) is 12.2. The van der Waals surface area contributed by atoms with Gasteiger partial charge >= 0.3 is 0 Å². The van der Waals surface area contributed by atoms with Crippen LogP contribution in [0.5, 0.6) is 0 Å². The number of nitrogens with one attached hydrogen (secondary N) is 1. The smallest absolute Gasteiger partial charge is 0.220 e. The fourth-order valence-electron chi connectivity index (χ4n) is 3.15. The molecular formula is C19H29NO2. The van der Waals surface area contributed by atoms with Crippen molar-refractivity contribution < 1.29 is 9.90 Å². The summed E-state index contributed by atoms with van der Waals surface area (Å²) in [5, 5.41) is 12.6. The van der Waals surface area contributed by atoms with Gasteiger partial charge in [0.2, 0.25) is 5.91 Å². The lowest BCUT2D eigenvalue weighted by Gasteiger charge is -2.23. The molecule has 0 spiro atoms. The van der Waals surface area contributed by atoms with Gasteiger partial charge in [-0.25, -0.2) is 0 Å². The molecule has 2 N–H and O–H groups in total. The zero-order valence-electron chi connectivity index (χ0n) is 14.3. The van der Waals surface area contributed by atoms with Gasteiger partial charge in [0, 0.05) is 13.0 Å². The van der Waals surface area contributed by atoms with Gasteiger partial charge in [0.25, 0.3) is 0 Å². The van der Waals surface area contributed by atoms with Crippen LogP contribution in [0.15, 0.2) is 18.2 Å². The Balaban J connectivity index is 2.05. The fourth-order valence-corrected chi connectivity index (χ4v) is 3.15. The molecule has 3 nitrogen and oxygen atoms in total. The third-order valence-corrected chi connectivity index (χ3v) is 4.48. The maximum Gasteiger partial charge on any atom is 0.220 e. The van der Waals surface area contributed by atoms with E-state index in [4.69, 9.17) is 0 Å². The fraction of sp³-hybridized carbons (Fsp3) is 0.632. The van der Waals surface area contributed by atoms with Crippen LogP contribution in [0.4, 0.5) is 0 Å². The molecule has 0 saturated heterocycles. The van der Waals surface area contributed by atoms with E-state index in [0.717, 1.165) is 0 Å². The van der Waals surface area contributed by atoms with Gasteiger partial charge in [-0.1, -0.05) is 32.0 Å². The van der Waals surface area contributed by atoms with Crippen LogP contribution in [0.1, 0.15) is 63.1 Å². The highest BCUT2D eigenvalue weighted by atomic mass is 16.3. The topological polar surface area (TPSA) is 49.3 Å². The van der Waals surface area contributed by atoms with Crippen LogP contribution in [0.2, 0.25) is 0 Å². The summed E-state index contributed by atoms with van der Waals surface area (Å²) in [6, 6.07) is 6.73. The van der Waals surface area contributed by atoms with E-state index >= 15 is 0 Å². The van der Waals surface area contributed by atoms with Crippen LogP contribution in [-0.2, 0) is 17.6 Å². The largest absolute Gasteiger partial charge is 0.389 e. The van der Waals surface area contributed by atoms with Crippen molar-refractivity contribution in [1.82, 2.24) is 5.32 Å². The summed E-state index contributed by atoms with van der Waals surface area (Å²) in [6.45, 7) is 8.03. The van der Waals surface area contributed by atoms with E-state index in [-0.39, 0.29) is 11.8 Å². The molecule has 0 saturated carbocycles. The lowest BCUT2D eigenvalue weighted by Crippen LogP contribution is -2.38. The predicted molar refractivity (Wildman–Crippen MR) is 90.0 cm³/mol. The molecule has 1 amide bonds. The SMILES string of the molecule is CC(C)C(CC(=O)NCC(C)(C)O)c1ccc2c(c1)CCC2. The number of rotatable bonds is 6. The first-order chi connectivity index (χ1) is 10.3. The van der Waals surface area contributed by atoms with E-state index in [1.165, 1.54) is 36.0 Å². The zero-order chi connectivity index (χ0) is 16.3. The molecule has 1 unspecified atom stereocenters. The standard InChI is InChI=1S/C19H29NO2/c1-13(2)17(11-18(21)20-12-19(3,4)22)16-9-8-14-6-5-7-15(14)10-16/h8-10,13,17,22H,5-7,11-12H2,1-4H3,(H,20,21). The summed E-state index contributed by atoms with van der Waals surface area (Å²) in [5.41, 5.74) is 3.34. The first-order valence-electron chi connectivity index (χ1n) is 8.37. The normalized spacial score (nSPS) is 15.7. The van der Waals surface area contributed by atoms with E-state index < -0.39 is 5.60 Å². The van der Waals surface area contributed by atoms with Crippen molar-refractivity contribution in [3.05, 3.63) is 34.9 Å². The van der Waals surface area contributed by atoms with Crippen molar-refractivity contribution in [1.29, 1.82) is 0 Å². The molecule has 3 heteroatoms. The number of aryl methyl sites for hydroxylation is 2. The number of hydrogen-bond acceptors (Lipinski definition) is 2. The second-order valence-electron chi connectivity index (χ2n) is 7.53. The van der Waals surface area contributed by atoms with Crippen molar-refractivity contribution in [2.75, 3.05) is 6.54 Å². The van der Waals surface area contributed by atoms with Crippen LogP contribution in [0.3, 0.4) is 0 Å². The lowest BCUT2D eigenvalue weighted by atomic mass is 9.84. The first kappa shape index (κ1) is 17.0.